The number of nitrogens with zero attached hydrogens (tertiary/aromatic N) is 2. The van der Waals surface area contributed by atoms with Gasteiger partial charge in [0.2, 0.25) is 0 Å². The normalized spacial score (nSPS) is 27.5. The van der Waals surface area contributed by atoms with Crippen molar-refractivity contribution in [3.05, 3.63) is 0 Å². The van der Waals surface area contributed by atoms with E-state index in [0.29, 0.717) is 19.9 Å². The average molecular weight is 295 g/mol. The minimum atomic E-state index is -0.621. The number of hydrogen-bond acceptors (Lipinski definition) is 4. The number of hydrogen-bond donors (Lipinski definition) is 1. The minimum absolute atomic E-state index is 0.0131. The molecule has 6 heteroatoms. The summed E-state index contributed by atoms with van der Waals surface area (Å²) >= 11 is 0. The van der Waals surface area contributed by atoms with E-state index in [0.717, 1.165) is 51.6 Å². The van der Waals surface area contributed by atoms with Crippen LogP contribution in [0.3, 0.4) is 0 Å². The largest absolute Gasteiger partial charge is 0.379 e. The Kier molecular flexibility index (Phi) is 4.45. The van der Waals surface area contributed by atoms with Crippen LogP contribution in [0.4, 0.5) is 4.79 Å². The molecule has 1 aliphatic carbocycles. The number of ether oxygens (including phenoxy) is 1. The number of carbonyl (C=O) groups is 2. The molecule has 0 radical (unpaired) electrons. The van der Waals surface area contributed by atoms with Gasteiger partial charge in [0, 0.05) is 13.1 Å². The molecule has 21 heavy (non-hydrogen) atoms. The van der Waals surface area contributed by atoms with Crippen LogP contribution in [0.15, 0.2) is 0 Å². The molecule has 3 rings (SSSR count). The third-order valence-electron chi connectivity index (χ3n) is 4.90. The third kappa shape index (κ3) is 3.06. The van der Waals surface area contributed by atoms with Gasteiger partial charge >= 0.3 is 6.03 Å². The lowest BCUT2D eigenvalue weighted by molar-refractivity contribution is -0.134. The molecule has 118 valence electrons. The SMILES string of the molecule is O=C1NC2(CCCCCCC2)C(=O)N1CN1CCOCC1. The van der Waals surface area contributed by atoms with Crippen molar-refractivity contribution in [1.29, 1.82) is 0 Å². The highest BCUT2D eigenvalue weighted by Crippen LogP contribution is 2.32. The Labute approximate surface area is 125 Å². The van der Waals surface area contributed by atoms with Crippen molar-refractivity contribution in [3.63, 3.8) is 0 Å². The maximum absolute atomic E-state index is 12.8. The van der Waals surface area contributed by atoms with Crippen molar-refractivity contribution in [3.8, 4) is 0 Å². The summed E-state index contributed by atoms with van der Waals surface area (Å²) in [5.74, 6) is -0.0131. The van der Waals surface area contributed by atoms with Crippen LogP contribution in [0, 0.1) is 0 Å². The summed E-state index contributed by atoms with van der Waals surface area (Å²) in [7, 11) is 0. The second-order valence-corrected chi connectivity index (χ2v) is 6.39. The zero-order valence-corrected chi connectivity index (χ0v) is 12.6. The molecule has 2 heterocycles. The van der Waals surface area contributed by atoms with Crippen LogP contribution >= 0.6 is 0 Å². The standard InChI is InChI=1S/C15H25N3O3/c19-13-15(6-4-2-1-3-5-7-15)16-14(20)18(13)12-17-8-10-21-11-9-17/h1-12H2,(H,16,20). The molecule has 1 saturated carbocycles. The fraction of sp³-hybridized carbons (Fsp3) is 0.867. The molecule has 0 aromatic heterocycles. The number of rotatable bonds is 2. The number of imide groups is 1. The van der Waals surface area contributed by atoms with Gasteiger partial charge in [-0.1, -0.05) is 32.1 Å². The molecule has 1 N–H and O–H groups in total. The highest BCUT2D eigenvalue weighted by Gasteiger charge is 2.50. The lowest BCUT2D eigenvalue weighted by Crippen LogP contribution is -2.49. The van der Waals surface area contributed by atoms with Gasteiger partial charge in [-0.2, -0.15) is 0 Å². The number of nitrogens with one attached hydrogen (secondary N) is 1. The quantitative estimate of drug-likeness (QED) is 0.780. The van der Waals surface area contributed by atoms with Gasteiger partial charge < -0.3 is 10.1 Å². The predicted octanol–water partition coefficient (Wildman–Crippen LogP) is 1.31. The van der Waals surface area contributed by atoms with E-state index in [1.165, 1.54) is 11.3 Å². The van der Waals surface area contributed by atoms with E-state index in [1.54, 1.807) is 0 Å². The topological polar surface area (TPSA) is 61.9 Å². The smallest absolute Gasteiger partial charge is 0.326 e. The van der Waals surface area contributed by atoms with Gasteiger partial charge in [-0.25, -0.2) is 9.69 Å². The predicted molar refractivity (Wildman–Crippen MR) is 77.7 cm³/mol. The molecule has 3 fully saturated rings. The average Bonchev–Trinajstić information content (AvgIpc) is 2.70. The van der Waals surface area contributed by atoms with Crippen molar-refractivity contribution in [2.75, 3.05) is 33.0 Å². The molecule has 0 atom stereocenters. The van der Waals surface area contributed by atoms with Gasteiger partial charge in [-0.05, 0) is 12.8 Å². The number of urea groups is 1. The summed E-state index contributed by atoms with van der Waals surface area (Å²) < 4.78 is 5.31. The molecule has 3 aliphatic rings. The van der Waals surface area contributed by atoms with Gasteiger partial charge in [0.1, 0.15) is 5.54 Å². The number of amides is 3. The van der Waals surface area contributed by atoms with Crippen LogP contribution in [0.2, 0.25) is 0 Å². The van der Waals surface area contributed by atoms with Crippen LogP contribution in [0.25, 0.3) is 0 Å². The summed E-state index contributed by atoms with van der Waals surface area (Å²) in [5.41, 5.74) is -0.621. The van der Waals surface area contributed by atoms with Crippen LogP contribution in [-0.4, -0.2) is 60.2 Å². The van der Waals surface area contributed by atoms with E-state index >= 15 is 0 Å². The molecule has 0 aromatic rings. The Morgan fingerprint density at radius 3 is 2.29 bits per heavy atom. The van der Waals surface area contributed by atoms with E-state index in [4.69, 9.17) is 4.74 Å². The summed E-state index contributed by atoms with van der Waals surface area (Å²) in [4.78, 5) is 28.6. The molecular formula is C15H25N3O3. The molecular weight excluding hydrogens is 270 g/mol. The first kappa shape index (κ1) is 14.8. The molecule has 3 amide bonds. The van der Waals surface area contributed by atoms with E-state index in [1.807, 2.05) is 0 Å². The lowest BCUT2D eigenvalue weighted by atomic mass is 9.84. The fourth-order valence-electron chi connectivity index (χ4n) is 3.59. The van der Waals surface area contributed by atoms with Crippen LogP contribution in [-0.2, 0) is 9.53 Å². The van der Waals surface area contributed by atoms with Crippen molar-refractivity contribution in [2.24, 2.45) is 0 Å². The van der Waals surface area contributed by atoms with E-state index < -0.39 is 5.54 Å². The molecule has 0 unspecified atom stereocenters. The lowest BCUT2D eigenvalue weighted by Gasteiger charge is -2.31. The Bertz CT molecular complexity index is 399. The minimum Gasteiger partial charge on any atom is -0.379 e. The van der Waals surface area contributed by atoms with E-state index in [2.05, 4.69) is 10.2 Å². The maximum Gasteiger partial charge on any atom is 0.326 e. The summed E-state index contributed by atoms with van der Waals surface area (Å²) in [5, 5.41) is 3.01. The van der Waals surface area contributed by atoms with Crippen molar-refractivity contribution in [2.45, 2.75) is 50.5 Å². The molecule has 2 aliphatic heterocycles. The summed E-state index contributed by atoms with van der Waals surface area (Å²) in [6.45, 7) is 3.31. The van der Waals surface area contributed by atoms with E-state index in [-0.39, 0.29) is 11.9 Å². The third-order valence-corrected chi connectivity index (χ3v) is 4.90. The monoisotopic (exact) mass is 295 g/mol. The first-order valence-electron chi connectivity index (χ1n) is 8.15. The Morgan fingerprint density at radius 1 is 1.00 bits per heavy atom. The van der Waals surface area contributed by atoms with Gasteiger partial charge in [-0.15, -0.1) is 0 Å². The molecule has 0 bridgehead atoms. The second kappa shape index (κ2) is 6.32. The van der Waals surface area contributed by atoms with E-state index in [9.17, 15) is 9.59 Å². The summed E-state index contributed by atoms with van der Waals surface area (Å²) in [6, 6.07) is -0.216. The fourth-order valence-corrected chi connectivity index (χ4v) is 3.59. The highest BCUT2D eigenvalue weighted by atomic mass is 16.5. The molecule has 0 aromatic carbocycles. The Balaban J connectivity index is 1.68. The zero-order valence-electron chi connectivity index (χ0n) is 12.6. The maximum atomic E-state index is 12.8. The molecule has 6 nitrogen and oxygen atoms in total. The van der Waals surface area contributed by atoms with Gasteiger partial charge in [0.25, 0.3) is 5.91 Å². The molecule has 2 saturated heterocycles. The zero-order chi connectivity index (χ0) is 14.7. The molecule has 1 spiro atoms. The first-order valence-corrected chi connectivity index (χ1v) is 8.15. The van der Waals surface area contributed by atoms with Crippen molar-refractivity contribution < 1.29 is 14.3 Å². The van der Waals surface area contributed by atoms with Crippen molar-refractivity contribution in [1.82, 2.24) is 15.1 Å². The van der Waals surface area contributed by atoms with Gasteiger partial charge in [0.15, 0.2) is 0 Å². The van der Waals surface area contributed by atoms with Gasteiger partial charge in [0.05, 0.1) is 19.9 Å². The number of carbonyl (C=O) groups excluding carboxylic acids is 2. The first-order chi connectivity index (χ1) is 10.2. The van der Waals surface area contributed by atoms with Crippen LogP contribution < -0.4 is 5.32 Å². The van der Waals surface area contributed by atoms with Crippen LogP contribution in [0.1, 0.15) is 44.9 Å². The summed E-state index contributed by atoms with van der Waals surface area (Å²) in [6.07, 6.45) is 7.20. The second-order valence-electron chi connectivity index (χ2n) is 6.39. The van der Waals surface area contributed by atoms with Gasteiger partial charge in [-0.3, -0.25) is 9.69 Å². The highest BCUT2D eigenvalue weighted by molar-refractivity contribution is 6.07. The van der Waals surface area contributed by atoms with Crippen molar-refractivity contribution >= 4 is 11.9 Å². The Hall–Kier alpha value is -1.14. The number of morpholine rings is 1. The van der Waals surface area contributed by atoms with Crippen LogP contribution in [0.5, 0.6) is 0 Å². The Morgan fingerprint density at radius 2 is 1.62 bits per heavy atom.